The molecular formula is C23H29ClN2O3. The Balaban J connectivity index is 1.43. The lowest BCUT2D eigenvalue weighted by molar-refractivity contribution is -0.121. The van der Waals surface area contributed by atoms with Gasteiger partial charge in [0.2, 0.25) is 5.91 Å². The Hall–Kier alpha value is -1.92. The van der Waals surface area contributed by atoms with E-state index in [1.165, 1.54) is 0 Å². The third kappa shape index (κ3) is 6.82. The van der Waals surface area contributed by atoms with E-state index in [1.807, 2.05) is 61.5 Å². The van der Waals surface area contributed by atoms with E-state index in [-0.39, 0.29) is 24.5 Å². The molecule has 156 valence electrons. The standard InChI is InChI=1S/C23H29ClN2O3/c1-17(18-9-11-20(24)12-10-18)29-16-22(27)15-26-13-5-6-19(14-26)23(28)25-21-7-3-2-4-8-21/h2-4,7-12,17,19,22,27H,5-6,13-16H2,1H3,(H,25,28)/t17-,19-,22-/m0/s1. The number of nitrogens with zero attached hydrogens (tertiary/aromatic N) is 1. The first-order valence-corrected chi connectivity index (χ1v) is 10.5. The predicted molar refractivity (Wildman–Crippen MR) is 116 cm³/mol. The number of benzene rings is 2. The average molecular weight is 417 g/mol. The van der Waals surface area contributed by atoms with Crippen LogP contribution in [0.4, 0.5) is 5.69 Å². The number of carbonyl (C=O) groups is 1. The normalized spacial score (nSPS) is 19.5. The highest BCUT2D eigenvalue weighted by atomic mass is 35.5. The maximum atomic E-state index is 12.6. The van der Waals surface area contributed by atoms with Gasteiger partial charge >= 0.3 is 0 Å². The number of carbonyl (C=O) groups excluding carboxylic acids is 1. The van der Waals surface area contributed by atoms with E-state index in [2.05, 4.69) is 10.2 Å². The molecule has 0 radical (unpaired) electrons. The van der Waals surface area contributed by atoms with Gasteiger partial charge in [0.05, 0.1) is 24.7 Å². The van der Waals surface area contributed by atoms with Crippen molar-refractivity contribution in [3.63, 3.8) is 0 Å². The fraction of sp³-hybridized carbons (Fsp3) is 0.435. The molecule has 0 spiro atoms. The summed E-state index contributed by atoms with van der Waals surface area (Å²) in [5.41, 5.74) is 1.84. The van der Waals surface area contributed by atoms with E-state index in [0.29, 0.717) is 18.1 Å². The summed E-state index contributed by atoms with van der Waals surface area (Å²) < 4.78 is 5.83. The molecule has 0 aromatic heterocycles. The number of nitrogens with one attached hydrogen (secondary N) is 1. The molecule has 0 aliphatic carbocycles. The molecular weight excluding hydrogens is 388 g/mol. The highest BCUT2D eigenvalue weighted by Gasteiger charge is 2.27. The van der Waals surface area contributed by atoms with E-state index in [4.69, 9.17) is 16.3 Å². The molecule has 5 nitrogen and oxygen atoms in total. The molecule has 0 unspecified atom stereocenters. The Morgan fingerprint density at radius 3 is 2.69 bits per heavy atom. The summed E-state index contributed by atoms with van der Waals surface area (Å²) >= 11 is 5.92. The van der Waals surface area contributed by atoms with E-state index < -0.39 is 6.10 Å². The first kappa shape index (κ1) is 21.8. The summed E-state index contributed by atoms with van der Waals surface area (Å²) in [6, 6.07) is 17.1. The van der Waals surface area contributed by atoms with Crippen LogP contribution in [-0.2, 0) is 9.53 Å². The molecule has 1 aliphatic heterocycles. The van der Waals surface area contributed by atoms with E-state index in [9.17, 15) is 9.90 Å². The van der Waals surface area contributed by atoms with Crippen LogP contribution in [-0.4, -0.2) is 48.3 Å². The Bertz CT molecular complexity index is 769. The Kier molecular flexibility index (Phi) is 8.07. The Morgan fingerprint density at radius 2 is 1.97 bits per heavy atom. The number of anilines is 1. The van der Waals surface area contributed by atoms with Crippen molar-refractivity contribution < 1.29 is 14.6 Å². The molecule has 1 heterocycles. The van der Waals surface area contributed by atoms with Crippen LogP contribution < -0.4 is 5.32 Å². The summed E-state index contributed by atoms with van der Waals surface area (Å²) in [5, 5.41) is 14.1. The lowest BCUT2D eigenvalue weighted by Crippen LogP contribution is -2.44. The molecule has 3 atom stereocenters. The summed E-state index contributed by atoms with van der Waals surface area (Å²) in [5.74, 6) is -0.0203. The number of piperidine rings is 1. The number of para-hydroxylation sites is 1. The first-order valence-electron chi connectivity index (χ1n) is 10.1. The molecule has 3 rings (SSSR count). The second kappa shape index (κ2) is 10.7. The van der Waals surface area contributed by atoms with Crippen LogP contribution in [0.25, 0.3) is 0 Å². The van der Waals surface area contributed by atoms with Crippen molar-refractivity contribution in [2.45, 2.75) is 32.0 Å². The minimum absolute atomic E-state index is 0.0444. The smallest absolute Gasteiger partial charge is 0.228 e. The zero-order valence-electron chi connectivity index (χ0n) is 16.8. The van der Waals surface area contributed by atoms with Gasteiger partial charge in [-0.05, 0) is 56.1 Å². The fourth-order valence-electron chi connectivity index (χ4n) is 3.64. The van der Waals surface area contributed by atoms with Crippen molar-refractivity contribution >= 4 is 23.2 Å². The number of rotatable bonds is 8. The minimum atomic E-state index is -0.597. The number of aliphatic hydroxyl groups excluding tert-OH is 1. The van der Waals surface area contributed by atoms with E-state index in [0.717, 1.165) is 30.6 Å². The van der Waals surface area contributed by atoms with Gasteiger partial charge in [0, 0.05) is 23.8 Å². The maximum absolute atomic E-state index is 12.6. The Labute approximate surface area is 177 Å². The number of ether oxygens (including phenoxy) is 1. The average Bonchev–Trinajstić information content (AvgIpc) is 2.73. The number of aliphatic hydroxyl groups is 1. The zero-order valence-corrected chi connectivity index (χ0v) is 17.5. The number of amides is 1. The van der Waals surface area contributed by atoms with Gasteiger partial charge in [-0.2, -0.15) is 0 Å². The summed E-state index contributed by atoms with van der Waals surface area (Å²) in [6.07, 6.45) is 1.10. The molecule has 6 heteroatoms. The molecule has 1 amide bonds. The van der Waals surface area contributed by atoms with Gasteiger partial charge in [-0.25, -0.2) is 0 Å². The van der Waals surface area contributed by atoms with Gasteiger partial charge < -0.3 is 15.2 Å². The summed E-state index contributed by atoms with van der Waals surface area (Å²) in [4.78, 5) is 14.7. The summed E-state index contributed by atoms with van der Waals surface area (Å²) in [6.45, 7) is 4.26. The van der Waals surface area contributed by atoms with Crippen molar-refractivity contribution in [3.8, 4) is 0 Å². The second-order valence-electron chi connectivity index (χ2n) is 7.63. The molecule has 2 N–H and O–H groups in total. The van der Waals surface area contributed by atoms with Crippen molar-refractivity contribution in [1.29, 1.82) is 0 Å². The topological polar surface area (TPSA) is 61.8 Å². The van der Waals surface area contributed by atoms with Gasteiger partial charge in [0.1, 0.15) is 0 Å². The number of halogens is 1. The third-order valence-corrected chi connectivity index (χ3v) is 5.52. The van der Waals surface area contributed by atoms with Crippen LogP contribution in [0.5, 0.6) is 0 Å². The highest BCUT2D eigenvalue weighted by molar-refractivity contribution is 6.30. The van der Waals surface area contributed by atoms with E-state index in [1.54, 1.807) is 0 Å². The van der Waals surface area contributed by atoms with Crippen LogP contribution >= 0.6 is 11.6 Å². The molecule has 2 aromatic rings. The number of hydrogen-bond donors (Lipinski definition) is 2. The number of β-amino-alcohol motifs (C(OH)–C–C–N with tert-alkyl or cyclic N) is 1. The van der Waals surface area contributed by atoms with Crippen molar-refractivity contribution in [2.24, 2.45) is 5.92 Å². The van der Waals surface area contributed by atoms with Gasteiger partial charge in [0.15, 0.2) is 0 Å². The molecule has 0 bridgehead atoms. The highest BCUT2D eigenvalue weighted by Crippen LogP contribution is 2.21. The lowest BCUT2D eigenvalue weighted by Gasteiger charge is -2.33. The number of hydrogen-bond acceptors (Lipinski definition) is 4. The zero-order chi connectivity index (χ0) is 20.6. The van der Waals surface area contributed by atoms with Crippen molar-refractivity contribution in [1.82, 2.24) is 4.90 Å². The molecule has 2 aromatic carbocycles. The number of likely N-dealkylation sites (tertiary alicyclic amines) is 1. The van der Waals surface area contributed by atoms with Crippen molar-refractivity contribution in [2.75, 3.05) is 31.6 Å². The molecule has 1 saturated heterocycles. The molecule has 1 fully saturated rings. The first-order chi connectivity index (χ1) is 14.0. The fourth-order valence-corrected chi connectivity index (χ4v) is 3.76. The van der Waals surface area contributed by atoms with Crippen LogP contribution in [0.3, 0.4) is 0 Å². The molecule has 0 saturated carbocycles. The van der Waals surface area contributed by atoms with Crippen molar-refractivity contribution in [3.05, 3.63) is 65.2 Å². The maximum Gasteiger partial charge on any atom is 0.228 e. The summed E-state index contributed by atoms with van der Waals surface area (Å²) in [7, 11) is 0. The Morgan fingerprint density at radius 1 is 1.24 bits per heavy atom. The van der Waals surface area contributed by atoms with E-state index >= 15 is 0 Å². The lowest BCUT2D eigenvalue weighted by atomic mass is 9.96. The SMILES string of the molecule is C[C@H](OC[C@@H](O)CN1CCC[C@H](C(=O)Nc2ccccc2)C1)c1ccc(Cl)cc1. The van der Waals surface area contributed by atoms with Gasteiger partial charge in [-0.1, -0.05) is 41.9 Å². The van der Waals surface area contributed by atoms with Gasteiger partial charge in [-0.15, -0.1) is 0 Å². The predicted octanol–water partition coefficient (Wildman–Crippen LogP) is 4.13. The van der Waals surface area contributed by atoms with Gasteiger partial charge in [0.25, 0.3) is 0 Å². The molecule has 29 heavy (non-hydrogen) atoms. The van der Waals surface area contributed by atoms with Crippen LogP contribution in [0, 0.1) is 5.92 Å². The quantitative estimate of drug-likeness (QED) is 0.679. The largest absolute Gasteiger partial charge is 0.389 e. The minimum Gasteiger partial charge on any atom is -0.389 e. The third-order valence-electron chi connectivity index (χ3n) is 5.26. The molecule has 1 aliphatic rings. The van der Waals surface area contributed by atoms with Crippen LogP contribution in [0.2, 0.25) is 5.02 Å². The second-order valence-corrected chi connectivity index (χ2v) is 8.07. The van der Waals surface area contributed by atoms with Crippen LogP contribution in [0.15, 0.2) is 54.6 Å². The van der Waals surface area contributed by atoms with Crippen LogP contribution in [0.1, 0.15) is 31.4 Å². The monoisotopic (exact) mass is 416 g/mol. The van der Waals surface area contributed by atoms with Gasteiger partial charge in [-0.3, -0.25) is 9.69 Å².